The first-order valence-corrected chi connectivity index (χ1v) is 6.92. The van der Waals surface area contributed by atoms with Gasteiger partial charge in [-0.1, -0.05) is 57.9 Å². The molecule has 0 aliphatic rings. The number of aryl methyl sites for hydroxylation is 1. The van der Waals surface area contributed by atoms with Gasteiger partial charge in [0.25, 0.3) is 0 Å². The first-order valence-electron chi connectivity index (χ1n) is 5.75. The zero-order chi connectivity index (χ0) is 13.1. The molecule has 2 aromatic carbocycles. The summed E-state index contributed by atoms with van der Waals surface area (Å²) in [4.78, 5) is 0. The minimum Gasteiger partial charge on any atom is -0.388 e. The van der Waals surface area contributed by atoms with Crippen LogP contribution in [-0.4, -0.2) is 5.11 Å². The summed E-state index contributed by atoms with van der Waals surface area (Å²) in [6.45, 7) is 2.00. The molecule has 18 heavy (non-hydrogen) atoms. The summed E-state index contributed by atoms with van der Waals surface area (Å²) >= 11 is 9.63. The topological polar surface area (TPSA) is 20.2 Å². The highest BCUT2D eigenvalue weighted by atomic mass is 79.9. The van der Waals surface area contributed by atoms with Crippen molar-refractivity contribution >= 4 is 27.5 Å². The molecular weight excluding hydrogens is 312 g/mol. The predicted octanol–water partition coefficient (Wildman–Crippen LogP) is 4.69. The quantitative estimate of drug-likeness (QED) is 0.868. The SMILES string of the molecule is Cc1ccc(CC(O)c2ccccc2Br)c(Cl)c1. The van der Waals surface area contributed by atoms with Crippen LogP contribution in [0, 0.1) is 6.92 Å². The zero-order valence-electron chi connectivity index (χ0n) is 10.0. The van der Waals surface area contributed by atoms with Crippen molar-refractivity contribution in [2.45, 2.75) is 19.4 Å². The normalized spacial score (nSPS) is 12.4. The molecule has 2 rings (SSSR count). The number of hydrogen-bond acceptors (Lipinski definition) is 1. The van der Waals surface area contributed by atoms with E-state index >= 15 is 0 Å². The van der Waals surface area contributed by atoms with Crippen LogP contribution in [0.25, 0.3) is 0 Å². The lowest BCUT2D eigenvalue weighted by molar-refractivity contribution is 0.177. The molecule has 1 unspecified atom stereocenters. The molecule has 0 aliphatic carbocycles. The molecule has 0 bridgehead atoms. The van der Waals surface area contributed by atoms with Crippen molar-refractivity contribution in [3.05, 3.63) is 68.7 Å². The minimum atomic E-state index is -0.555. The molecule has 0 amide bonds. The van der Waals surface area contributed by atoms with E-state index in [2.05, 4.69) is 15.9 Å². The summed E-state index contributed by atoms with van der Waals surface area (Å²) in [6.07, 6.45) is -0.0392. The van der Waals surface area contributed by atoms with Crippen molar-refractivity contribution in [2.24, 2.45) is 0 Å². The number of aliphatic hydroxyl groups excluding tert-OH is 1. The smallest absolute Gasteiger partial charge is 0.0841 e. The van der Waals surface area contributed by atoms with E-state index in [1.807, 2.05) is 49.4 Å². The number of aliphatic hydroxyl groups is 1. The highest BCUT2D eigenvalue weighted by molar-refractivity contribution is 9.10. The van der Waals surface area contributed by atoms with E-state index in [4.69, 9.17) is 11.6 Å². The van der Waals surface area contributed by atoms with Gasteiger partial charge in [-0.25, -0.2) is 0 Å². The molecule has 0 saturated heterocycles. The first-order chi connectivity index (χ1) is 8.58. The van der Waals surface area contributed by atoms with Crippen LogP contribution in [0.3, 0.4) is 0 Å². The molecule has 0 aromatic heterocycles. The van der Waals surface area contributed by atoms with E-state index in [1.54, 1.807) is 0 Å². The summed E-state index contributed by atoms with van der Waals surface area (Å²) in [5.74, 6) is 0. The predicted molar refractivity (Wildman–Crippen MR) is 79.0 cm³/mol. The fourth-order valence-electron chi connectivity index (χ4n) is 1.88. The van der Waals surface area contributed by atoms with Crippen molar-refractivity contribution in [3.63, 3.8) is 0 Å². The summed E-state index contributed by atoms with van der Waals surface area (Å²) in [5, 5.41) is 11.0. The van der Waals surface area contributed by atoms with Crippen molar-refractivity contribution in [1.82, 2.24) is 0 Å². The van der Waals surface area contributed by atoms with E-state index < -0.39 is 6.10 Å². The van der Waals surface area contributed by atoms with Gasteiger partial charge in [-0.05, 0) is 35.7 Å². The zero-order valence-corrected chi connectivity index (χ0v) is 12.4. The number of halogens is 2. The Morgan fingerprint density at radius 3 is 2.61 bits per heavy atom. The Morgan fingerprint density at radius 2 is 1.94 bits per heavy atom. The second kappa shape index (κ2) is 5.87. The Labute approximate surface area is 121 Å². The molecule has 0 aliphatic heterocycles. The minimum absolute atomic E-state index is 0.516. The van der Waals surface area contributed by atoms with Gasteiger partial charge in [-0.2, -0.15) is 0 Å². The van der Waals surface area contributed by atoms with Crippen LogP contribution in [0.2, 0.25) is 5.02 Å². The van der Waals surface area contributed by atoms with Crippen molar-refractivity contribution in [1.29, 1.82) is 0 Å². The van der Waals surface area contributed by atoms with Gasteiger partial charge in [-0.3, -0.25) is 0 Å². The lowest BCUT2D eigenvalue weighted by Crippen LogP contribution is -2.03. The number of hydrogen-bond donors (Lipinski definition) is 1. The third-order valence-corrected chi connectivity index (χ3v) is 3.96. The molecule has 0 fully saturated rings. The van der Waals surface area contributed by atoms with Crippen LogP contribution in [0.4, 0.5) is 0 Å². The third-order valence-electron chi connectivity index (χ3n) is 2.89. The lowest BCUT2D eigenvalue weighted by Gasteiger charge is -2.14. The third kappa shape index (κ3) is 3.14. The summed E-state index contributed by atoms with van der Waals surface area (Å²) in [5.41, 5.74) is 2.97. The molecule has 3 heteroatoms. The fourth-order valence-corrected chi connectivity index (χ4v) is 2.74. The maximum atomic E-state index is 10.3. The van der Waals surface area contributed by atoms with Gasteiger partial charge in [-0.15, -0.1) is 0 Å². The molecule has 1 N–H and O–H groups in total. The van der Waals surface area contributed by atoms with Crippen molar-refractivity contribution in [2.75, 3.05) is 0 Å². The van der Waals surface area contributed by atoms with Crippen LogP contribution in [0.15, 0.2) is 46.9 Å². The monoisotopic (exact) mass is 324 g/mol. The molecule has 0 radical (unpaired) electrons. The highest BCUT2D eigenvalue weighted by Crippen LogP contribution is 2.28. The van der Waals surface area contributed by atoms with Gasteiger partial charge < -0.3 is 5.11 Å². The van der Waals surface area contributed by atoms with Crippen LogP contribution in [0.1, 0.15) is 22.8 Å². The number of rotatable bonds is 3. The van der Waals surface area contributed by atoms with E-state index in [0.717, 1.165) is 21.2 Å². The summed E-state index contributed by atoms with van der Waals surface area (Å²) in [6, 6.07) is 13.6. The average Bonchev–Trinajstić information content (AvgIpc) is 2.33. The van der Waals surface area contributed by atoms with Gasteiger partial charge in [0, 0.05) is 15.9 Å². The molecule has 0 spiro atoms. The van der Waals surface area contributed by atoms with E-state index in [9.17, 15) is 5.11 Å². The van der Waals surface area contributed by atoms with Gasteiger partial charge in [0.2, 0.25) is 0 Å². The summed E-state index contributed by atoms with van der Waals surface area (Å²) in [7, 11) is 0. The second-order valence-electron chi connectivity index (χ2n) is 4.34. The van der Waals surface area contributed by atoms with Crippen molar-refractivity contribution in [3.8, 4) is 0 Å². The Kier molecular flexibility index (Phi) is 4.44. The van der Waals surface area contributed by atoms with E-state index in [-0.39, 0.29) is 0 Å². The molecular formula is C15H14BrClO. The summed E-state index contributed by atoms with van der Waals surface area (Å²) < 4.78 is 0.917. The van der Waals surface area contributed by atoms with Gasteiger partial charge in [0.05, 0.1) is 6.10 Å². The molecule has 0 saturated carbocycles. The fraction of sp³-hybridized carbons (Fsp3) is 0.200. The van der Waals surface area contributed by atoms with Crippen LogP contribution < -0.4 is 0 Å². The van der Waals surface area contributed by atoms with Gasteiger partial charge in [0.1, 0.15) is 0 Å². The Balaban J connectivity index is 2.21. The molecule has 2 aromatic rings. The van der Waals surface area contributed by atoms with Crippen molar-refractivity contribution < 1.29 is 5.11 Å². The Hall–Kier alpha value is -0.830. The van der Waals surface area contributed by atoms with E-state index in [0.29, 0.717) is 11.4 Å². The van der Waals surface area contributed by atoms with Crippen LogP contribution >= 0.6 is 27.5 Å². The standard InChI is InChI=1S/C15H14BrClO/c1-10-6-7-11(14(17)8-10)9-15(18)12-4-2-3-5-13(12)16/h2-8,15,18H,9H2,1H3. The average molecular weight is 326 g/mol. The maximum absolute atomic E-state index is 10.3. The Bertz CT molecular complexity index is 554. The first kappa shape index (κ1) is 13.6. The van der Waals surface area contributed by atoms with Gasteiger partial charge >= 0.3 is 0 Å². The largest absolute Gasteiger partial charge is 0.388 e. The van der Waals surface area contributed by atoms with Gasteiger partial charge in [0.15, 0.2) is 0 Å². The van der Waals surface area contributed by atoms with E-state index in [1.165, 1.54) is 0 Å². The molecule has 94 valence electrons. The lowest BCUT2D eigenvalue weighted by atomic mass is 10.0. The number of benzene rings is 2. The molecule has 1 atom stereocenters. The van der Waals surface area contributed by atoms with Crippen LogP contribution in [-0.2, 0) is 6.42 Å². The van der Waals surface area contributed by atoms with Crippen LogP contribution in [0.5, 0.6) is 0 Å². The Morgan fingerprint density at radius 1 is 1.22 bits per heavy atom. The second-order valence-corrected chi connectivity index (χ2v) is 5.60. The maximum Gasteiger partial charge on any atom is 0.0841 e. The highest BCUT2D eigenvalue weighted by Gasteiger charge is 2.13. The molecule has 1 nitrogen and oxygen atoms in total. The molecule has 0 heterocycles.